The second kappa shape index (κ2) is 12.5. The number of likely N-dealkylation sites (tertiary alicyclic amines) is 1. The SMILES string of the molecule is CCC(CC1CC1)N=C(c1cccc(F)c1)c1cc(F)c(C(=O)N2CCC(c3nc4ccccc4n3C(F)F)CC2)cc1C. The molecule has 2 aliphatic rings. The summed E-state index contributed by atoms with van der Waals surface area (Å²) in [6.45, 7) is 1.75. The Labute approximate surface area is 254 Å². The molecular formula is C35H36F4N4O. The number of carbonyl (C=O) groups is 1. The molecule has 9 heteroatoms. The minimum atomic E-state index is -2.73. The summed E-state index contributed by atoms with van der Waals surface area (Å²) >= 11 is 0. The zero-order chi connectivity index (χ0) is 31.0. The van der Waals surface area contributed by atoms with Crippen molar-refractivity contribution in [2.75, 3.05) is 13.1 Å². The van der Waals surface area contributed by atoms with Crippen LogP contribution >= 0.6 is 0 Å². The highest BCUT2D eigenvalue weighted by Crippen LogP contribution is 2.36. The highest BCUT2D eigenvalue weighted by Gasteiger charge is 2.31. The van der Waals surface area contributed by atoms with E-state index >= 15 is 4.39 Å². The molecule has 0 spiro atoms. The molecule has 1 saturated heterocycles. The molecule has 1 aliphatic heterocycles. The number of halogens is 4. The van der Waals surface area contributed by atoms with E-state index in [1.807, 2.05) is 6.92 Å². The molecule has 1 aliphatic carbocycles. The van der Waals surface area contributed by atoms with Crippen LogP contribution in [0.5, 0.6) is 0 Å². The Kier molecular flexibility index (Phi) is 8.56. The molecule has 1 amide bonds. The summed E-state index contributed by atoms with van der Waals surface area (Å²) in [4.78, 5) is 24.6. The number of hydrogen-bond donors (Lipinski definition) is 0. The highest BCUT2D eigenvalue weighted by atomic mass is 19.3. The molecule has 1 atom stereocenters. The summed E-state index contributed by atoms with van der Waals surface area (Å²) in [7, 11) is 0. The Morgan fingerprint density at radius 3 is 2.41 bits per heavy atom. The van der Waals surface area contributed by atoms with Crippen LogP contribution < -0.4 is 0 Å². The van der Waals surface area contributed by atoms with Crippen molar-refractivity contribution in [2.45, 2.75) is 70.9 Å². The van der Waals surface area contributed by atoms with Gasteiger partial charge in [0.1, 0.15) is 17.5 Å². The fourth-order valence-electron chi connectivity index (χ4n) is 6.33. The summed E-state index contributed by atoms with van der Waals surface area (Å²) in [5, 5.41) is 0. The second-order valence-corrected chi connectivity index (χ2v) is 12.0. The van der Waals surface area contributed by atoms with Gasteiger partial charge in [-0.25, -0.2) is 13.8 Å². The summed E-state index contributed by atoms with van der Waals surface area (Å²) in [5.41, 5.74) is 3.13. The van der Waals surface area contributed by atoms with E-state index in [1.54, 1.807) is 47.4 Å². The van der Waals surface area contributed by atoms with E-state index in [9.17, 15) is 18.0 Å². The first-order chi connectivity index (χ1) is 21.2. The quantitative estimate of drug-likeness (QED) is 0.142. The maximum Gasteiger partial charge on any atom is 0.320 e. The van der Waals surface area contributed by atoms with Gasteiger partial charge in [-0.15, -0.1) is 0 Å². The van der Waals surface area contributed by atoms with Crippen LogP contribution in [0.2, 0.25) is 0 Å². The monoisotopic (exact) mass is 604 g/mol. The third kappa shape index (κ3) is 6.14. The zero-order valence-corrected chi connectivity index (χ0v) is 24.9. The van der Waals surface area contributed by atoms with Gasteiger partial charge in [-0.05, 0) is 80.5 Å². The third-order valence-corrected chi connectivity index (χ3v) is 8.95. The first-order valence-corrected chi connectivity index (χ1v) is 15.4. The number of alkyl halides is 2. The predicted octanol–water partition coefficient (Wildman–Crippen LogP) is 8.45. The molecule has 0 N–H and O–H groups in total. The van der Waals surface area contributed by atoms with Crippen LogP contribution in [-0.2, 0) is 0 Å². The van der Waals surface area contributed by atoms with Gasteiger partial charge in [-0.1, -0.05) is 44.0 Å². The fraction of sp³-hybridized carbons (Fsp3) is 0.400. The number of rotatable bonds is 9. The Hall–Kier alpha value is -4.01. The number of piperidine rings is 1. The molecule has 1 unspecified atom stereocenters. The lowest BCUT2D eigenvalue weighted by atomic mass is 9.93. The lowest BCUT2D eigenvalue weighted by Gasteiger charge is -2.32. The minimum absolute atomic E-state index is 0.0316. The summed E-state index contributed by atoms with van der Waals surface area (Å²) in [6.07, 6.45) is 5.02. The molecule has 6 rings (SSSR count). The molecule has 2 fully saturated rings. The van der Waals surface area contributed by atoms with Crippen molar-refractivity contribution in [1.29, 1.82) is 0 Å². The van der Waals surface area contributed by atoms with Crippen molar-refractivity contribution >= 4 is 22.7 Å². The predicted molar refractivity (Wildman–Crippen MR) is 163 cm³/mol. The molecule has 1 saturated carbocycles. The topological polar surface area (TPSA) is 50.5 Å². The summed E-state index contributed by atoms with van der Waals surface area (Å²) in [5.74, 6) is -0.798. The zero-order valence-electron chi connectivity index (χ0n) is 24.9. The molecule has 0 radical (unpaired) electrons. The van der Waals surface area contributed by atoms with Gasteiger partial charge >= 0.3 is 6.55 Å². The second-order valence-electron chi connectivity index (χ2n) is 12.0. The van der Waals surface area contributed by atoms with E-state index in [0.29, 0.717) is 71.1 Å². The Morgan fingerprint density at radius 1 is 0.977 bits per heavy atom. The van der Waals surface area contributed by atoms with Gasteiger partial charge in [0.15, 0.2) is 0 Å². The van der Waals surface area contributed by atoms with E-state index in [-0.39, 0.29) is 17.5 Å². The molecule has 230 valence electrons. The number of aliphatic imine (C=N–C) groups is 1. The number of fused-ring (bicyclic) bond motifs is 1. The molecule has 0 bridgehead atoms. The Bertz CT molecular complexity index is 1700. The summed E-state index contributed by atoms with van der Waals surface area (Å²) < 4.78 is 59.0. The van der Waals surface area contributed by atoms with Gasteiger partial charge in [0.05, 0.1) is 28.4 Å². The first kappa shape index (κ1) is 30.0. The standard InChI is InChI=1S/C35H36F4N4O/c1-3-26(18-22-11-12-22)40-32(24-7-6-8-25(36)19-24)27-20-29(37)28(17-21(27)2)34(44)42-15-13-23(14-16-42)33-41-30-9-4-5-10-31(30)43(33)35(38)39/h4-10,17,19-20,22-23,26,35H,3,11-16,18H2,1-2H3. The molecular weight excluding hydrogens is 568 g/mol. The van der Waals surface area contributed by atoms with Crippen molar-refractivity contribution in [3.05, 3.63) is 100 Å². The number of aromatic nitrogens is 2. The van der Waals surface area contributed by atoms with Crippen LogP contribution in [0.1, 0.15) is 90.8 Å². The molecule has 44 heavy (non-hydrogen) atoms. The number of carbonyl (C=O) groups excluding carboxylic acids is 1. The van der Waals surface area contributed by atoms with Crippen molar-refractivity contribution in [3.8, 4) is 0 Å². The maximum atomic E-state index is 15.8. The smallest absolute Gasteiger partial charge is 0.320 e. The van der Waals surface area contributed by atoms with Gasteiger partial charge in [0.25, 0.3) is 5.91 Å². The lowest BCUT2D eigenvalue weighted by Crippen LogP contribution is -2.39. The number of hydrogen-bond acceptors (Lipinski definition) is 3. The molecule has 5 nitrogen and oxygen atoms in total. The van der Waals surface area contributed by atoms with E-state index in [4.69, 9.17) is 4.99 Å². The number of para-hydroxylation sites is 2. The van der Waals surface area contributed by atoms with Crippen LogP contribution in [0.3, 0.4) is 0 Å². The molecule has 1 aromatic heterocycles. The van der Waals surface area contributed by atoms with Crippen LogP contribution in [0, 0.1) is 24.5 Å². The Balaban J connectivity index is 1.24. The van der Waals surface area contributed by atoms with Crippen molar-refractivity contribution < 1.29 is 22.4 Å². The normalized spacial score (nSPS) is 17.1. The minimum Gasteiger partial charge on any atom is -0.339 e. The number of nitrogens with zero attached hydrogens (tertiary/aromatic N) is 4. The van der Waals surface area contributed by atoms with Crippen LogP contribution in [-0.4, -0.2) is 45.2 Å². The van der Waals surface area contributed by atoms with Crippen LogP contribution in [0.4, 0.5) is 17.6 Å². The first-order valence-electron chi connectivity index (χ1n) is 15.4. The van der Waals surface area contributed by atoms with E-state index in [1.165, 1.54) is 31.0 Å². The average Bonchev–Trinajstić information content (AvgIpc) is 3.75. The number of imidazole rings is 1. The highest BCUT2D eigenvalue weighted by molar-refractivity contribution is 6.14. The number of aryl methyl sites for hydroxylation is 1. The fourth-order valence-corrected chi connectivity index (χ4v) is 6.33. The van der Waals surface area contributed by atoms with Crippen LogP contribution in [0.15, 0.2) is 65.7 Å². The van der Waals surface area contributed by atoms with Gasteiger partial charge < -0.3 is 4.90 Å². The van der Waals surface area contributed by atoms with Gasteiger partial charge in [0, 0.05) is 30.1 Å². The number of amides is 1. The largest absolute Gasteiger partial charge is 0.339 e. The lowest BCUT2D eigenvalue weighted by molar-refractivity contribution is 0.0632. The van der Waals surface area contributed by atoms with E-state index < -0.39 is 24.1 Å². The third-order valence-electron chi connectivity index (χ3n) is 8.95. The van der Waals surface area contributed by atoms with Crippen molar-refractivity contribution in [3.63, 3.8) is 0 Å². The Morgan fingerprint density at radius 2 is 1.73 bits per heavy atom. The molecule has 2 heterocycles. The van der Waals surface area contributed by atoms with Gasteiger partial charge in [0.2, 0.25) is 0 Å². The van der Waals surface area contributed by atoms with Crippen molar-refractivity contribution in [2.24, 2.45) is 10.9 Å². The molecule has 4 aromatic rings. The summed E-state index contributed by atoms with van der Waals surface area (Å²) in [6, 6.07) is 15.9. The maximum absolute atomic E-state index is 15.8. The van der Waals surface area contributed by atoms with E-state index in [2.05, 4.69) is 11.9 Å². The van der Waals surface area contributed by atoms with Gasteiger partial charge in [-0.3, -0.25) is 14.4 Å². The van der Waals surface area contributed by atoms with Gasteiger partial charge in [-0.2, -0.15) is 8.78 Å². The average molecular weight is 605 g/mol. The number of benzene rings is 3. The molecule has 3 aromatic carbocycles. The van der Waals surface area contributed by atoms with E-state index in [0.717, 1.165) is 17.4 Å². The van der Waals surface area contributed by atoms with Crippen LogP contribution in [0.25, 0.3) is 11.0 Å². The van der Waals surface area contributed by atoms with Crippen molar-refractivity contribution in [1.82, 2.24) is 14.5 Å².